The number of carbonyl (C=O) groups is 3. The van der Waals surface area contributed by atoms with Crippen LogP contribution in [0.3, 0.4) is 0 Å². The van der Waals surface area contributed by atoms with E-state index >= 15 is 0 Å². The molecule has 0 saturated heterocycles. The second kappa shape index (κ2) is 10.0. The van der Waals surface area contributed by atoms with Gasteiger partial charge in [-0.05, 0) is 28.8 Å². The molecule has 3 rings (SSSR count). The smallest absolute Gasteiger partial charge is 0.251 e. The lowest BCUT2D eigenvalue weighted by atomic mass is 10.0. The maximum Gasteiger partial charge on any atom is 0.251 e. The molecule has 0 saturated carbocycles. The van der Waals surface area contributed by atoms with Gasteiger partial charge in [0.15, 0.2) is 0 Å². The Bertz CT molecular complexity index is 1000. The van der Waals surface area contributed by atoms with E-state index in [-0.39, 0.29) is 18.9 Å². The van der Waals surface area contributed by atoms with E-state index in [1.165, 1.54) is 0 Å². The molecule has 0 aliphatic rings. The average Bonchev–Trinajstić information content (AvgIpc) is 2.78. The zero-order chi connectivity index (χ0) is 21.3. The van der Waals surface area contributed by atoms with Crippen molar-refractivity contribution in [1.29, 1.82) is 0 Å². The fourth-order valence-electron chi connectivity index (χ4n) is 3.02. The number of hydrogen-bond acceptors (Lipinski definition) is 3. The Labute approximate surface area is 175 Å². The SMILES string of the molecule is NC(=O)[C@@H](Cc1ccc(-c2ccccc2)cc1)NC(=O)CNC(=O)c1ccccc1. The van der Waals surface area contributed by atoms with Gasteiger partial charge in [0.05, 0.1) is 6.54 Å². The third kappa shape index (κ3) is 5.78. The van der Waals surface area contributed by atoms with Crippen molar-refractivity contribution in [2.45, 2.75) is 12.5 Å². The normalized spacial score (nSPS) is 11.3. The first-order chi connectivity index (χ1) is 14.5. The summed E-state index contributed by atoms with van der Waals surface area (Å²) in [5, 5.41) is 5.12. The average molecular weight is 401 g/mol. The molecule has 1 atom stereocenters. The monoisotopic (exact) mass is 401 g/mol. The van der Waals surface area contributed by atoms with E-state index in [4.69, 9.17) is 5.73 Å². The quantitative estimate of drug-likeness (QED) is 0.540. The molecule has 6 heteroatoms. The molecule has 30 heavy (non-hydrogen) atoms. The highest BCUT2D eigenvalue weighted by Gasteiger charge is 2.19. The van der Waals surface area contributed by atoms with E-state index in [0.29, 0.717) is 5.56 Å². The zero-order valence-electron chi connectivity index (χ0n) is 16.4. The van der Waals surface area contributed by atoms with Crippen LogP contribution in [-0.2, 0) is 16.0 Å². The Balaban J connectivity index is 1.56. The van der Waals surface area contributed by atoms with E-state index < -0.39 is 17.9 Å². The second-order valence-corrected chi connectivity index (χ2v) is 6.84. The summed E-state index contributed by atoms with van der Waals surface area (Å²) in [6, 6.07) is 25.4. The van der Waals surface area contributed by atoms with Gasteiger partial charge < -0.3 is 16.4 Å². The predicted octanol–water partition coefficient (Wildman–Crippen LogP) is 2.30. The van der Waals surface area contributed by atoms with Crippen LogP contribution in [-0.4, -0.2) is 30.3 Å². The Kier molecular flexibility index (Phi) is 6.95. The number of carbonyl (C=O) groups excluding carboxylic acids is 3. The van der Waals surface area contributed by atoms with Crippen LogP contribution in [0.4, 0.5) is 0 Å². The molecular weight excluding hydrogens is 378 g/mol. The number of rotatable bonds is 8. The minimum atomic E-state index is -0.867. The van der Waals surface area contributed by atoms with Crippen molar-refractivity contribution in [2.24, 2.45) is 5.73 Å². The number of benzene rings is 3. The summed E-state index contributed by atoms with van der Waals surface area (Å²) in [6.45, 7) is -0.246. The van der Waals surface area contributed by atoms with Gasteiger partial charge in [-0.3, -0.25) is 14.4 Å². The van der Waals surface area contributed by atoms with Crippen LogP contribution in [0.25, 0.3) is 11.1 Å². The van der Waals surface area contributed by atoms with Gasteiger partial charge in [0.25, 0.3) is 5.91 Å². The number of nitrogens with one attached hydrogen (secondary N) is 2. The number of primary amides is 1. The highest BCUT2D eigenvalue weighted by atomic mass is 16.2. The van der Waals surface area contributed by atoms with Gasteiger partial charge in [-0.1, -0.05) is 72.8 Å². The topological polar surface area (TPSA) is 101 Å². The van der Waals surface area contributed by atoms with Gasteiger partial charge in [-0.2, -0.15) is 0 Å². The summed E-state index contributed by atoms with van der Waals surface area (Å²) in [5.41, 5.74) is 8.93. The van der Waals surface area contributed by atoms with Gasteiger partial charge in [0.2, 0.25) is 11.8 Å². The van der Waals surface area contributed by atoms with Gasteiger partial charge in [0, 0.05) is 12.0 Å². The van der Waals surface area contributed by atoms with Gasteiger partial charge >= 0.3 is 0 Å². The lowest BCUT2D eigenvalue weighted by Crippen LogP contribution is -2.49. The first-order valence-electron chi connectivity index (χ1n) is 9.59. The highest BCUT2D eigenvalue weighted by molar-refractivity contribution is 5.97. The highest BCUT2D eigenvalue weighted by Crippen LogP contribution is 2.19. The van der Waals surface area contributed by atoms with Crippen molar-refractivity contribution in [3.8, 4) is 11.1 Å². The Hall–Kier alpha value is -3.93. The summed E-state index contributed by atoms with van der Waals surface area (Å²) in [6.07, 6.45) is 0.267. The minimum absolute atomic E-state index is 0.246. The lowest BCUT2D eigenvalue weighted by molar-refractivity contribution is -0.126. The number of hydrogen-bond donors (Lipinski definition) is 3. The van der Waals surface area contributed by atoms with Crippen LogP contribution in [0.5, 0.6) is 0 Å². The molecule has 0 aromatic heterocycles. The largest absolute Gasteiger partial charge is 0.368 e. The number of amides is 3. The molecule has 6 nitrogen and oxygen atoms in total. The van der Waals surface area contributed by atoms with E-state index in [1.54, 1.807) is 30.3 Å². The van der Waals surface area contributed by atoms with Gasteiger partial charge in [-0.15, -0.1) is 0 Å². The van der Waals surface area contributed by atoms with Crippen LogP contribution < -0.4 is 16.4 Å². The van der Waals surface area contributed by atoms with E-state index in [9.17, 15) is 14.4 Å². The fourth-order valence-corrected chi connectivity index (χ4v) is 3.02. The summed E-state index contributed by atoms with van der Waals surface area (Å²) < 4.78 is 0. The summed E-state index contributed by atoms with van der Waals surface area (Å²) >= 11 is 0. The zero-order valence-corrected chi connectivity index (χ0v) is 16.4. The summed E-state index contributed by atoms with van der Waals surface area (Å²) in [5.74, 6) is -1.48. The molecule has 3 aromatic carbocycles. The molecule has 0 spiro atoms. The summed E-state index contributed by atoms with van der Waals surface area (Å²) in [7, 11) is 0. The van der Waals surface area contributed by atoms with Crippen molar-refractivity contribution in [3.63, 3.8) is 0 Å². The molecule has 0 radical (unpaired) electrons. The number of nitrogens with two attached hydrogens (primary N) is 1. The Morgan fingerprint density at radius 3 is 1.93 bits per heavy atom. The van der Waals surface area contributed by atoms with Crippen LogP contribution in [0.2, 0.25) is 0 Å². The first kappa shape index (κ1) is 20.8. The maximum absolute atomic E-state index is 12.2. The fraction of sp³-hybridized carbons (Fsp3) is 0.125. The molecule has 3 amide bonds. The third-order valence-corrected chi connectivity index (χ3v) is 4.63. The standard InChI is InChI=1S/C24H23N3O3/c25-23(29)21(27-22(28)16-26-24(30)20-9-5-2-6-10-20)15-17-11-13-19(14-12-17)18-7-3-1-4-8-18/h1-14,21H,15-16H2,(H2,25,29)(H,26,30)(H,27,28)/t21-/m1/s1. The van der Waals surface area contributed by atoms with Gasteiger partial charge in [-0.25, -0.2) is 0 Å². The molecular formula is C24H23N3O3. The molecule has 0 aliphatic carbocycles. The molecule has 0 unspecified atom stereocenters. The third-order valence-electron chi connectivity index (χ3n) is 4.63. The molecule has 152 valence electrons. The molecule has 0 fully saturated rings. The molecule has 0 bridgehead atoms. The molecule has 0 heterocycles. The minimum Gasteiger partial charge on any atom is -0.368 e. The summed E-state index contributed by atoms with van der Waals surface area (Å²) in [4.78, 5) is 36.0. The van der Waals surface area contributed by atoms with E-state index in [0.717, 1.165) is 16.7 Å². The van der Waals surface area contributed by atoms with Crippen LogP contribution in [0.15, 0.2) is 84.9 Å². The van der Waals surface area contributed by atoms with Crippen molar-refractivity contribution in [1.82, 2.24) is 10.6 Å². The van der Waals surface area contributed by atoms with Crippen molar-refractivity contribution in [3.05, 3.63) is 96.1 Å². The molecule has 4 N–H and O–H groups in total. The Morgan fingerprint density at radius 1 is 0.767 bits per heavy atom. The Morgan fingerprint density at radius 2 is 1.33 bits per heavy atom. The molecule has 3 aromatic rings. The van der Waals surface area contributed by atoms with E-state index in [1.807, 2.05) is 54.6 Å². The first-order valence-corrected chi connectivity index (χ1v) is 9.59. The van der Waals surface area contributed by atoms with Crippen LogP contribution >= 0.6 is 0 Å². The maximum atomic E-state index is 12.2. The van der Waals surface area contributed by atoms with Crippen molar-refractivity contribution < 1.29 is 14.4 Å². The van der Waals surface area contributed by atoms with E-state index in [2.05, 4.69) is 10.6 Å². The van der Waals surface area contributed by atoms with Crippen molar-refractivity contribution in [2.75, 3.05) is 6.54 Å². The molecule has 0 aliphatic heterocycles. The second-order valence-electron chi connectivity index (χ2n) is 6.84. The van der Waals surface area contributed by atoms with Crippen LogP contribution in [0, 0.1) is 0 Å². The van der Waals surface area contributed by atoms with Crippen molar-refractivity contribution >= 4 is 17.7 Å². The predicted molar refractivity (Wildman–Crippen MR) is 115 cm³/mol. The van der Waals surface area contributed by atoms with Crippen LogP contribution in [0.1, 0.15) is 15.9 Å². The van der Waals surface area contributed by atoms with Gasteiger partial charge in [0.1, 0.15) is 6.04 Å². The lowest BCUT2D eigenvalue weighted by Gasteiger charge is -2.16.